The number of aromatic amines is 1. The van der Waals surface area contributed by atoms with Crippen LogP contribution in [0.15, 0.2) is 39.0 Å². The Morgan fingerprint density at radius 1 is 1.31 bits per heavy atom. The van der Waals surface area contributed by atoms with Crippen molar-refractivity contribution < 1.29 is 24.6 Å². The van der Waals surface area contributed by atoms with Crippen molar-refractivity contribution in [3.05, 3.63) is 45.0 Å². The summed E-state index contributed by atoms with van der Waals surface area (Å²) in [5.41, 5.74) is 2.99. The Labute approximate surface area is 212 Å². The monoisotopic (exact) mass is 536 g/mol. The van der Waals surface area contributed by atoms with E-state index in [9.17, 15) is 34.2 Å². The second kappa shape index (κ2) is 9.99. The number of carboxylic acid groups (broad SMARTS) is 1. The molecular weight excluding hydrogens is 512 g/mol. The number of phenols is 1. The van der Waals surface area contributed by atoms with Gasteiger partial charge in [-0.1, -0.05) is 11.8 Å². The third-order valence-corrected chi connectivity index (χ3v) is 8.98. The summed E-state index contributed by atoms with van der Waals surface area (Å²) in [7, 11) is 0. The van der Waals surface area contributed by atoms with Gasteiger partial charge in [0.25, 0.3) is 0 Å². The molecule has 0 aliphatic carbocycles. The van der Waals surface area contributed by atoms with E-state index in [4.69, 9.17) is 5.73 Å². The fraction of sp³-hybridized carbons (Fsp3) is 0.429. The van der Waals surface area contributed by atoms with Crippen LogP contribution in [0.1, 0.15) is 6.92 Å². The average molecular weight is 537 g/mol. The molecule has 0 spiro atoms. The third-order valence-electron chi connectivity index (χ3n) is 6.14. The summed E-state index contributed by atoms with van der Waals surface area (Å²) >= 11 is 2.26. The van der Waals surface area contributed by atoms with Crippen LogP contribution in [0.2, 0.25) is 0 Å². The molecule has 2 fully saturated rings. The summed E-state index contributed by atoms with van der Waals surface area (Å²) in [6, 6.07) is 4.95. The number of carboxylic acids is 1. The van der Waals surface area contributed by atoms with Crippen molar-refractivity contribution in [2.45, 2.75) is 30.0 Å². The van der Waals surface area contributed by atoms with Crippen molar-refractivity contribution in [1.29, 1.82) is 0 Å². The Morgan fingerprint density at radius 2 is 2.00 bits per heavy atom. The summed E-state index contributed by atoms with van der Waals surface area (Å²) in [5, 5.41) is 25.4. The van der Waals surface area contributed by atoms with Gasteiger partial charge in [0.2, 0.25) is 11.8 Å². The number of aromatic hydroxyl groups is 1. The molecule has 3 atom stereocenters. The number of nitrogens with two attached hydrogens (primary N) is 1. The molecular formula is C21H24N6O7S2. The highest BCUT2D eigenvalue weighted by atomic mass is 32.2. The van der Waals surface area contributed by atoms with E-state index in [1.165, 1.54) is 45.8 Å². The lowest BCUT2D eigenvalue weighted by molar-refractivity contribution is -0.156. The van der Waals surface area contributed by atoms with Crippen LogP contribution in [-0.4, -0.2) is 83.7 Å². The van der Waals surface area contributed by atoms with Gasteiger partial charge in [0.15, 0.2) is 5.16 Å². The quantitative estimate of drug-likeness (QED) is 0.186. The van der Waals surface area contributed by atoms with Crippen molar-refractivity contribution in [1.82, 2.24) is 19.7 Å². The van der Waals surface area contributed by atoms with E-state index in [1.54, 1.807) is 6.92 Å². The van der Waals surface area contributed by atoms with E-state index in [1.807, 2.05) is 0 Å². The molecule has 2 aliphatic heterocycles. The number of amides is 2. The van der Waals surface area contributed by atoms with Gasteiger partial charge < -0.3 is 20.8 Å². The van der Waals surface area contributed by atoms with Crippen LogP contribution in [0.4, 0.5) is 5.69 Å². The predicted molar refractivity (Wildman–Crippen MR) is 132 cm³/mol. The van der Waals surface area contributed by atoms with Crippen LogP contribution >= 0.6 is 23.5 Å². The molecule has 1 aromatic carbocycles. The van der Waals surface area contributed by atoms with Crippen LogP contribution in [-0.2, 0) is 20.9 Å². The normalized spacial score (nSPS) is 23.1. The Kier molecular flexibility index (Phi) is 7.15. The maximum Gasteiger partial charge on any atom is 0.330 e. The molecule has 2 saturated heterocycles. The van der Waals surface area contributed by atoms with Gasteiger partial charge in [-0.15, -0.1) is 16.9 Å². The number of fused-ring (bicyclic) bond motifs is 1. The van der Waals surface area contributed by atoms with Gasteiger partial charge in [-0.3, -0.25) is 33.4 Å². The Morgan fingerprint density at radius 3 is 2.61 bits per heavy atom. The molecule has 3 heterocycles. The number of benzene rings is 1. The zero-order chi connectivity index (χ0) is 26.2. The zero-order valence-electron chi connectivity index (χ0n) is 19.1. The first-order chi connectivity index (χ1) is 17.1. The SMILES string of the molecule is CCn1c(SCC2(C(=O)O)CS[C@@H]3C(N(C(=O)CN)c4ccc(O)cc4)C(=O)N3C2)n[nH]c(=O)c1=O. The van der Waals surface area contributed by atoms with Gasteiger partial charge in [-0.2, -0.15) is 0 Å². The van der Waals surface area contributed by atoms with E-state index in [-0.39, 0.29) is 42.0 Å². The first-order valence-electron chi connectivity index (χ1n) is 10.9. The van der Waals surface area contributed by atoms with Gasteiger partial charge in [0.05, 0.1) is 6.54 Å². The van der Waals surface area contributed by atoms with Gasteiger partial charge in [0.1, 0.15) is 22.6 Å². The molecule has 2 unspecified atom stereocenters. The van der Waals surface area contributed by atoms with E-state index in [2.05, 4.69) is 10.2 Å². The average Bonchev–Trinajstić information content (AvgIpc) is 2.87. The lowest BCUT2D eigenvalue weighted by atomic mass is 9.89. The number of phenolic OH excluding ortho intramolecular Hbond substituents is 1. The number of thioether (sulfide) groups is 2. The Balaban J connectivity index is 1.55. The summed E-state index contributed by atoms with van der Waals surface area (Å²) in [5.74, 6) is -1.86. The zero-order valence-corrected chi connectivity index (χ0v) is 20.8. The first kappa shape index (κ1) is 25.8. The number of carbonyl (C=O) groups excluding carboxylic acids is 2. The number of nitrogens with one attached hydrogen (secondary N) is 1. The summed E-state index contributed by atoms with van der Waals surface area (Å²) in [6.07, 6.45) is 0. The van der Waals surface area contributed by atoms with E-state index >= 15 is 0 Å². The lowest BCUT2D eigenvalue weighted by Gasteiger charge is -2.56. The molecule has 2 aliphatic rings. The maximum atomic E-state index is 13.2. The largest absolute Gasteiger partial charge is 0.508 e. The third kappa shape index (κ3) is 4.37. The molecule has 4 rings (SSSR count). The van der Waals surface area contributed by atoms with Gasteiger partial charge in [0, 0.05) is 30.3 Å². The molecule has 0 bridgehead atoms. The number of hydrogen-bond acceptors (Lipinski definition) is 10. The van der Waals surface area contributed by atoms with Crippen molar-refractivity contribution in [3.8, 4) is 5.75 Å². The molecule has 2 aromatic rings. The van der Waals surface area contributed by atoms with Crippen LogP contribution in [0.25, 0.3) is 0 Å². The summed E-state index contributed by atoms with van der Waals surface area (Å²) < 4.78 is 1.16. The van der Waals surface area contributed by atoms with Crippen molar-refractivity contribution in [2.24, 2.45) is 11.1 Å². The summed E-state index contributed by atoms with van der Waals surface area (Å²) in [6.45, 7) is 1.43. The number of rotatable bonds is 8. The topological polar surface area (TPSA) is 192 Å². The maximum absolute atomic E-state index is 13.2. The number of nitrogens with zero attached hydrogens (tertiary/aromatic N) is 4. The Hall–Kier alpha value is -3.30. The lowest BCUT2D eigenvalue weighted by Crippen LogP contribution is -2.75. The second-order valence-corrected chi connectivity index (χ2v) is 10.4. The number of H-pyrrole nitrogens is 1. The number of anilines is 1. The van der Waals surface area contributed by atoms with Crippen molar-refractivity contribution in [2.75, 3.05) is 29.5 Å². The van der Waals surface area contributed by atoms with Crippen LogP contribution < -0.4 is 21.8 Å². The van der Waals surface area contributed by atoms with E-state index < -0.39 is 45.7 Å². The molecule has 5 N–H and O–H groups in total. The molecule has 13 nitrogen and oxygen atoms in total. The Bertz CT molecular complexity index is 1310. The highest BCUT2D eigenvalue weighted by molar-refractivity contribution is 8.00. The van der Waals surface area contributed by atoms with Crippen molar-refractivity contribution >= 4 is 47.0 Å². The fourth-order valence-electron chi connectivity index (χ4n) is 4.17. The number of carbonyl (C=O) groups is 3. The second-order valence-electron chi connectivity index (χ2n) is 8.36. The van der Waals surface area contributed by atoms with Gasteiger partial charge in [-0.05, 0) is 31.2 Å². The van der Waals surface area contributed by atoms with E-state index in [0.29, 0.717) is 5.69 Å². The first-order valence-corrected chi connectivity index (χ1v) is 13.0. The van der Waals surface area contributed by atoms with Crippen LogP contribution in [0.3, 0.4) is 0 Å². The van der Waals surface area contributed by atoms with Crippen LogP contribution in [0, 0.1) is 5.41 Å². The highest BCUT2D eigenvalue weighted by Gasteiger charge is 2.59. The molecule has 0 radical (unpaired) electrons. The minimum absolute atomic E-state index is 0.00159. The predicted octanol–water partition coefficient (Wildman–Crippen LogP) is -0.904. The molecule has 36 heavy (non-hydrogen) atoms. The van der Waals surface area contributed by atoms with Crippen LogP contribution in [0.5, 0.6) is 5.75 Å². The number of hydrogen-bond donors (Lipinski definition) is 4. The minimum atomic E-state index is -1.35. The molecule has 1 aromatic heterocycles. The van der Waals surface area contributed by atoms with Gasteiger partial charge >= 0.3 is 17.1 Å². The highest BCUT2D eigenvalue weighted by Crippen LogP contribution is 2.46. The minimum Gasteiger partial charge on any atom is -0.508 e. The molecule has 15 heteroatoms. The molecule has 192 valence electrons. The smallest absolute Gasteiger partial charge is 0.330 e. The number of aromatic nitrogens is 3. The fourth-order valence-corrected chi connectivity index (χ4v) is 7.08. The number of aliphatic carboxylic acids is 1. The number of β-lactam (4-membered cyclic amide) rings is 1. The molecule has 0 saturated carbocycles. The molecule has 2 amide bonds. The van der Waals surface area contributed by atoms with E-state index in [0.717, 1.165) is 16.3 Å². The van der Waals surface area contributed by atoms with Gasteiger partial charge in [-0.25, -0.2) is 5.10 Å². The summed E-state index contributed by atoms with van der Waals surface area (Å²) in [4.78, 5) is 64.6. The standard InChI is InChI=1S/C21H24N6O7S2/c1-2-25-17(32)15(30)23-24-20(25)36-10-21(19(33)34)8-26-16(31)14(18(26)35-9-21)27(13(29)7-22)11-3-5-12(28)6-4-11/h3-6,14,18,28H,2,7-10,22H2,1H3,(H,23,30)(H,33,34)/t14?,18-,21?/m1/s1. The van der Waals surface area contributed by atoms with Crippen molar-refractivity contribution in [3.63, 3.8) is 0 Å².